The van der Waals surface area contributed by atoms with Crippen LogP contribution in [0.1, 0.15) is 32.2 Å². The summed E-state index contributed by atoms with van der Waals surface area (Å²) in [6, 6.07) is 0.345. The molecule has 0 bridgehead atoms. The van der Waals surface area contributed by atoms with Crippen LogP contribution in [0.5, 0.6) is 0 Å². The first-order valence-electron chi connectivity index (χ1n) is 7.37. The van der Waals surface area contributed by atoms with Crippen LogP contribution in [0.3, 0.4) is 0 Å². The normalized spacial score (nSPS) is 31.8. The highest BCUT2D eigenvalue weighted by molar-refractivity contribution is 6.31. The molecule has 1 aromatic heterocycles. The van der Waals surface area contributed by atoms with Gasteiger partial charge in [-0.3, -0.25) is 4.68 Å². The Morgan fingerprint density at radius 1 is 1.35 bits per heavy atom. The summed E-state index contributed by atoms with van der Waals surface area (Å²) in [5, 5.41) is 8.65. The number of likely N-dealkylation sites (N-methyl/N-ethyl adjacent to an activating group) is 1. The van der Waals surface area contributed by atoms with E-state index in [1.807, 2.05) is 25.7 Å². The van der Waals surface area contributed by atoms with Gasteiger partial charge in [0.15, 0.2) is 0 Å². The maximum atomic E-state index is 6.38. The number of ether oxygens (including phenoxy) is 1. The largest absolute Gasteiger partial charge is 0.375 e. The second-order valence-corrected chi connectivity index (χ2v) is 6.43. The van der Waals surface area contributed by atoms with Crippen LogP contribution >= 0.6 is 11.6 Å². The number of hydrogen-bond donors (Lipinski definition) is 1. The van der Waals surface area contributed by atoms with Crippen LogP contribution in [-0.4, -0.2) is 35.1 Å². The Hall–Kier alpha value is -0.580. The molecule has 1 aliphatic rings. The summed E-state index contributed by atoms with van der Waals surface area (Å²) in [6.45, 7) is 8.56. The molecule has 5 atom stereocenters. The van der Waals surface area contributed by atoms with Gasteiger partial charge in [0.1, 0.15) is 0 Å². The number of aromatic nitrogens is 2. The molecule has 1 saturated heterocycles. The maximum Gasteiger partial charge on any atom is 0.0847 e. The number of aryl methyl sites for hydroxylation is 2. The quantitative estimate of drug-likeness (QED) is 0.929. The van der Waals surface area contributed by atoms with Crippen molar-refractivity contribution in [3.63, 3.8) is 0 Å². The molecule has 4 nitrogen and oxygen atoms in total. The molecule has 0 radical (unpaired) electrons. The van der Waals surface area contributed by atoms with Crippen molar-refractivity contribution in [3.8, 4) is 0 Å². The predicted octanol–water partition coefficient (Wildman–Crippen LogP) is 2.57. The minimum Gasteiger partial charge on any atom is -0.375 e. The smallest absolute Gasteiger partial charge is 0.0847 e. The number of nitrogens with zero attached hydrogens (tertiary/aromatic N) is 2. The van der Waals surface area contributed by atoms with E-state index in [2.05, 4.69) is 31.2 Å². The molecule has 2 rings (SSSR count). The van der Waals surface area contributed by atoms with Gasteiger partial charge in [-0.05, 0) is 33.7 Å². The highest BCUT2D eigenvalue weighted by Gasteiger charge is 2.41. The molecule has 2 heterocycles. The van der Waals surface area contributed by atoms with Crippen molar-refractivity contribution in [2.24, 2.45) is 18.9 Å². The zero-order valence-electron chi connectivity index (χ0n) is 13.3. The lowest BCUT2D eigenvalue weighted by atomic mass is 9.81. The Morgan fingerprint density at radius 2 is 2.00 bits per heavy atom. The van der Waals surface area contributed by atoms with Crippen LogP contribution < -0.4 is 5.32 Å². The van der Waals surface area contributed by atoms with Gasteiger partial charge in [0.05, 0.1) is 28.6 Å². The molecule has 5 heteroatoms. The predicted molar refractivity (Wildman–Crippen MR) is 82.2 cm³/mol. The second-order valence-electron chi connectivity index (χ2n) is 6.05. The first-order valence-corrected chi connectivity index (χ1v) is 7.75. The van der Waals surface area contributed by atoms with Crippen molar-refractivity contribution < 1.29 is 4.74 Å². The number of hydrogen-bond acceptors (Lipinski definition) is 3. The number of halogens is 1. The fourth-order valence-corrected chi connectivity index (χ4v) is 3.77. The van der Waals surface area contributed by atoms with Crippen molar-refractivity contribution in [1.29, 1.82) is 0 Å². The topological polar surface area (TPSA) is 39.1 Å². The van der Waals surface area contributed by atoms with Gasteiger partial charge < -0.3 is 10.1 Å². The van der Waals surface area contributed by atoms with Crippen LogP contribution in [0.25, 0.3) is 0 Å². The monoisotopic (exact) mass is 299 g/mol. The average molecular weight is 300 g/mol. The zero-order chi connectivity index (χ0) is 15.0. The van der Waals surface area contributed by atoms with E-state index in [0.717, 1.165) is 22.8 Å². The lowest BCUT2D eigenvalue weighted by Crippen LogP contribution is -2.42. The molecule has 1 N–H and O–H groups in total. The first-order chi connectivity index (χ1) is 9.36. The third kappa shape index (κ3) is 2.74. The number of nitrogens with one attached hydrogen (secondary N) is 1. The van der Waals surface area contributed by atoms with Gasteiger partial charge >= 0.3 is 0 Å². The van der Waals surface area contributed by atoms with E-state index >= 15 is 0 Å². The van der Waals surface area contributed by atoms with Crippen molar-refractivity contribution >= 4 is 11.6 Å². The second kappa shape index (κ2) is 6.04. The fraction of sp³-hybridized carbons (Fsp3) is 0.800. The molecule has 20 heavy (non-hydrogen) atoms. The summed E-state index contributed by atoms with van der Waals surface area (Å²) in [4.78, 5) is 0. The van der Waals surface area contributed by atoms with E-state index in [9.17, 15) is 0 Å². The van der Waals surface area contributed by atoms with E-state index in [0.29, 0.717) is 24.0 Å². The Kier molecular flexibility index (Phi) is 4.77. The molecule has 1 fully saturated rings. The van der Waals surface area contributed by atoms with Crippen molar-refractivity contribution in [1.82, 2.24) is 15.1 Å². The summed E-state index contributed by atoms with van der Waals surface area (Å²) in [7, 11) is 3.98. The van der Waals surface area contributed by atoms with Crippen LogP contribution in [0.15, 0.2) is 0 Å². The molecule has 114 valence electrons. The highest BCUT2D eigenvalue weighted by Crippen LogP contribution is 2.36. The summed E-state index contributed by atoms with van der Waals surface area (Å²) in [5.41, 5.74) is 2.00. The van der Waals surface area contributed by atoms with Crippen molar-refractivity contribution in [3.05, 3.63) is 16.4 Å². The molecule has 5 unspecified atom stereocenters. The van der Waals surface area contributed by atoms with Crippen molar-refractivity contribution in [2.45, 2.75) is 52.4 Å². The lowest BCUT2D eigenvalue weighted by Gasteiger charge is -2.28. The van der Waals surface area contributed by atoms with Crippen molar-refractivity contribution in [2.75, 3.05) is 7.05 Å². The van der Waals surface area contributed by atoms with Crippen LogP contribution in [0.4, 0.5) is 0 Å². The van der Waals surface area contributed by atoms with Gasteiger partial charge in [-0.25, -0.2) is 0 Å². The lowest BCUT2D eigenvalue weighted by molar-refractivity contribution is 0.0478. The highest BCUT2D eigenvalue weighted by atomic mass is 35.5. The average Bonchev–Trinajstić information content (AvgIpc) is 2.77. The maximum absolute atomic E-state index is 6.38. The van der Waals surface area contributed by atoms with Crippen LogP contribution in [-0.2, 0) is 18.2 Å². The SMILES string of the molecule is CNC(Cc1c(Cl)c(C)nn1C)C1C(C)OC(C)C1C. The van der Waals surface area contributed by atoms with E-state index < -0.39 is 0 Å². The Labute approximate surface area is 126 Å². The summed E-state index contributed by atoms with van der Waals surface area (Å²) < 4.78 is 7.88. The van der Waals surface area contributed by atoms with Gasteiger partial charge in [-0.15, -0.1) is 0 Å². The standard InChI is InChI=1S/C15H26ClN3O/c1-8-10(3)20-11(4)14(8)12(17-5)7-13-15(16)9(2)18-19(13)6/h8,10-12,14,17H,7H2,1-6H3. The van der Waals surface area contributed by atoms with Crippen LogP contribution in [0.2, 0.25) is 5.02 Å². The molecular weight excluding hydrogens is 274 g/mol. The van der Waals surface area contributed by atoms with Gasteiger partial charge in [0, 0.05) is 25.4 Å². The summed E-state index contributed by atoms with van der Waals surface area (Å²) in [6.07, 6.45) is 1.46. The molecule has 0 amide bonds. The molecule has 0 spiro atoms. The van der Waals surface area contributed by atoms with Gasteiger partial charge in [0.25, 0.3) is 0 Å². The van der Waals surface area contributed by atoms with Gasteiger partial charge in [-0.2, -0.15) is 5.10 Å². The summed E-state index contributed by atoms with van der Waals surface area (Å²) >= 11 is 6.38. The molecule has 0 aliphatic carbocycles. The summed E-state index contributed by atoms with van der Waals surface area (Å²) in [5.74, 6) is 1.02. The molecule has 1 aliphatic heterocycles. The molecule has 0 aromatic carbocycles. The van der Waals surface area contributed by atoms with E-state index in [1.54, 1.807) is 0 Å². The molecule has 0 saturated carbocycles. The van der Waals surface area contributed by atoms with E-state index in [1.165, 1.54) is 0 Å². The minimum atomic E-state index is 0.269. The zero-order valence-corrected chi connectivity index (χ0v) is 14.0. The molecule has 1 aromatic rings. The Morgan fingerprint density at radius 3 is 2.40 bits per heavy atom. The minimum absolute atomic E-state index is 0.269. The Balaban J connectivity index is 2.21. The molecular formula is C15H26ClN3O. The fourth-order valence-electron chi connectivity index (χ4n) is 3.53. The first kappa shape index (κ1) is 15.8. The Bertz CT molecular complexity index is 474. The van der Waals surface area contributed by atoms with Gasteiger partial charge in [0.2, 0.25) is 0 Å². The number of rotatable bonds is 4. The van der Waals surface area contributed by atoms with E-state index in [4.69, 9.17) is 16.3 Å². The third-order valence-electron chi connectivity index (χ3n) is 4.83. The third-order valence-corrected chi connectivity index (χ3v) is 5.32. The van der Waals surface area contributed by atoms with Crippen LogP contribution in [0, 0.1) is 18.8 Å². The van der Waals surface area contributed by atoms with E-state index in [-0.39, 0.29) is 6.10 Å². The van der Waals surface area contributed by atoms with Gasteiger partial charge in [-0.1, -0.05) is 18.5 Å².